The highest BCUT2D eigenvalue weighted by atomic mass is 16.5. The molecule has 4 rings (SSSR count). The van der Waals surface area contributed by atoms with Crippen LogP contribution in [0.4, 0.5) is 11.4 Å². The number of aryl methyl sites for hydroxylation is 1. The van der Waals surface area contributed by atoms with Crippen molar-refractivity contribution >= 4 is 17.3 Å². The van der Waals surface area contributed by atoms with E-state index in [0.717, 1.165) is 37.2 Å². The fourth-order valence-electron chi connectivity index (χ4n) is 4.92. The number of carbonyl (C=O) groups excluding carboxylic acids is 1. The lowest BCUT2D eigenvalue weighted by molar-refractivity contribution is -0.118. The Bertz CT molecular complexity index is 965. The van der Waals surface area contributed by atoms with Crippen LogP contribution in [0.3, 0.4) is 0 Å². The molecular weight excluding hydrogens is 386 g/mol. The Kier molecular flexibility index (Phi) is 6.76. The van der Waals surface area contributed by atoms with Gasteiger partial charge in [0.25, 0.3) is 0 Å². The molecule has 2 aromatic rings. The highest BCUT2D eigenvalue weighted by Gasteiger charge is 2.26. The molecule has 2 aromatic carbocycles. The smallest absolute Gasteiger partial charge is 0.231 e. The van der Waals surface area contributed by atoms with Crippen molar-refractivity contribution in [3.05, 3.63) is 53.6 Å². The molecule has 0 bridgehead atoms. The molecule has 0 unspecified atom stereocenters. The zero-order chi connectivity index (χ0) is 21.6. The number of rotatable bonds is 6. The molecule has 2 aliphatic heterocycles. The van der Waals surface area contributed by atoms with Gasteiger partial charge in [0, 0.05) is 30.5 Å². The fraction of sp³-hybridized carbons (Fsp3) is 0.462. The van der Waals surface area contributed by atoms with E-state index in [-0.39, 0.29) is 12.5 Å². The molecule has 0 aromatic heterocycles. The van der Waals surface area contributed by atoms with Crippen LogP contribution in [0.15, 0.2) is 42.5 Å². The number of fused-ring (bicyclic) bond motifs is 1. The summed E-state index contributed by atoms with van der Waals surface area (Å²) in [5, 5.41) is 8.70. The van der Waals surface area contributed by atoms with Crippen LogP contribution in [0.2, 0.25) is 0 Å². The maximum absolute atomic E-state index is 13.2. The van der Waals surface area contributed by atoms with Crippen molar-refractivity contribution in [3.8, 4) is 11.8 Å². The van der Waals surface area contributed by atoms with Gasteiger partial charge in [-0.2, -0.15) is 5.26 Å². The van der Waals surface area contributed by atoms with Crippen molar-refractivity contribution in [2.45, 2.75) is 57.9 Å². The van der Waals surface area contributed by atoms with E-state index in [1.54, 1.807) is 0 Å². The molecule has 162 valence electrons. The number of nitriles is 1. The standard InChI is InChI=1S/C26H31N3O2/c1-2-22-9-3-4-14-28(22)23-11-12-25-21(19-23)8-6-15-29(25)26(30)18-20-7-5-10-24(17-20)31-16-13-27/h5,7,10-12,17,19,22H,2-4,6,8-9,14-16,18H2,1H3/t22-/m1/s1. The molecule has 0 spiro atoms. The first-order chi connectivity index (χ1) is 15.2. The summed E-state index contributed by atoms with van der Waals surface area (Å²) in [6.45, 7) is 4.18. The van der Waals surface area contributed by atoms with Gasteiger partial charge in [0.05, 0.1) is 6.42 Å². The summed E-state index contributed by atoms with van der Waals surface area (Å²) >= 11 is 0. The van der Waals surface area contributed by atoms with Gasteiger partial charge in [-0.25, -0.2) is 0 Å². The third kappa shape index (κ3) is 4.85. The van der Waals surface area contributed by atoms with Gasteiger partial charge in [-0.3, -0.25) is 4.79 Å². The molecule has 5 heteroatoms. The average Bonchev–Trinajstić information content (AvgIpc) is 2.82. The van der Waals surface area contributed by atoms with Crippen molar-refractivity contribution in [2.24, 2.45) is 0 Å². The molecule has 0 N–H and O–H groups in total. The van der Waals surface area contributed by atoms with Crippen LogP contribution in [-0.4, -0.2) is 31.6 Å². The molecule has 0 aliphatic carbocycles. The molecule has 5 nitrogen and oxygen atoms in total. The van der Waals surface area contributed by atoms with Crippen molar-refractivity contribution in [3.63, 3.8) is 0 Å². The molecule has 0 saturated carbocycles. The first-order valence-corrected chi connectivity index (χ1v) is 11.5. The van der Waals surface area contributed by atoms with Crippen LogP contribution in [0.25, 0.3) is 0 Å². The van der Waals surface area contributed by atoms with Gasteiger partial charge in [0.1, 0.15) is 11.8 Å². The number of amides is 1. The Labute approximate surface area is 185 Å². The van der Waals surface area contributed by atoms with E-state index in [1.807, 2.05) is 35.2 Å². The molecule has 1 fully saturated rings. The normalized spacial score (nSPS) is 18.3. The maximum Gasteiger partial charge on any atom is 0.231 e. The van der Waals surface area contributed by atoms with Gasteiger partial charge >= 0.3 is 0 Å². The van der Waals surface area contributed by atoms with E-state index < -0.39 is 0 Å². The van der Waals surface area contributed by atoms with Crippen LogP contribution in [-0.2, 0) is 17.6 Å². The first kappa shape index (κ1) is 21.2. The number of hydrogen-bond acceptors (Lipinski definition) is 4. The molecule has 1 saturated heterocycles. The van der Waals surface area contributed by atoms with Gasteiger partial charge in [-0.05, 0) is 80.0 Å². The number of nitrogens with zero attached hydrogens (tertiary/aromatic N) is 3. The fourth-order valence-corrected chi connectivity index (χ4v) is 4.92. The number of piperidine rings is 1. The SMILES string of the molecule is CC[C@@H]1CCCCN1c1ccc2c(c1)CCCN2C(=O)Cc1cccc(OCC#N)c1. The second-order valence-corrected chi connectivity index (χ2v) is 8.48. The Balaban J connectivity index is 1.50. The predicted molar refractivity (Wildman–Crippen MR) is 124 cm³/mol. The summed E-state index contributed by atoms with van der Waals surface area (Å²) in [4.78, 5) is 17.7. The van der Waals surface area contributed by atoms with E-state index >= 15 is 0 Å². The number of ether oxygens (including phenoxy) is 1. The second-order valence-electron chi connectivity index (χ2n) is 8.48. The highest BCUT2D eigenvalue weighted by Crippen LogP contribution is 2.34. The van der Waals surface area contributed by atoms with Gasteiger partial charge < -0.3 is 14.5 Å². The molecular formula is C26H31N3O2. The van der Waals surface area contributed by atoms with Gasteiger partial charge in [-0.15, -0.1) is 0 Å². The van der Waals surface area contributed by atoms with Crippen molar-refractivity contribution in [1.82, 2.24) is 0 Å². The summed E-state index contributed by atoms with van der Waals surface area (Å²) in [5.41, 5.74) is 4.55. The summed E-state index contributed by atoms with van der Waals surface area (Å²) in [5.74, 6) is 0.734. The topological polar surface area (TPSA) is 56.6 Å². The third-order valence-corrected chi connectivity index (χ3v) is 6.47. The van der Waals surface area contributed by atoms with E-state index in [1.165, 1.54) is 36.9 Å². The number of benzene rings is 2. The summed E-state index contributed by atoms with van der Waals surface area (Å²) in [6, 6.07) is 16.7. The highest BCUT2D eigenvalue weighted by molar-refractivity contribution is 5.96. The van der Waals surface area contributed by atoms with Crippen molar-refractivity contribution in [2.75, 3.05) is 29.5 Å². The molecule has 1 atom stereocenters. The zero-order valence-corrected chi connectivity index (χ0v) is 18.3. The van der Waals surface area contributed by atoms with E-state index in [2.05, 4.69) is 30.0 Å². The number of hydrogen-bond donors (Lipinski definition) is 0. The van der Waals surface area contributed by atoms with Crippen LogP contribution >= 0.6 is 0 Å². The van der Waals surface area contributed by atoms with Gasteiger partial charge in [0.2, 0.25) is 5.91 Å². The lowest BCUT2D eigenvalue weighted by Crippen LogP contribution is -2.40. The Hall–Kier alpha value is -3.00. The van der Waals surface area contributed by atoms with Crippen molar-refractivity contribution < 1.29 is 9.53 Å². The minimum Gasteiger partial charge on any atom is -0.479 e. The molecule has 2 aliphatic rings. The Morgan fingerprint density at radius 3 is 2.90 bits per heavy atom. The average molecular weight is 418 g/mol. The number of anilines is 2. The van der Waals surface area contributed by atoms with Crippen LogP contribution in [0.1, 0.15) is 50.2 Å². The zero-order valence-electron chi connectivity index (χ0n) is 18.3. The first-order valence-electron chi connectivity index (χ1n) is 11.5. The lowest BCUT2D eigenvalue weighted by atomic mass is 9.96. The van der Waals surface area contributed by atoms with Gasteiger partial charge in [0.15, 0.2) is 6.61 Å². The predicted octanol–water partition coefficient (Wildman–Crippen LogP) is 4.88. The third-order valence-electron chi connectivity index (χ3n) is 6.47. The van der Waals surface area contributed by atoms with E-state index in [9.17, 15) is 4.79 Å². The van der Waals surface area contributed by atoms with Crippen molar-refractivity contribution in [1.29, 1.82) is 5.26 Å². The molecule has 1 amide bonds. The quantitative estimate of drug-likeness (QED) is 0.672. The molecule has 2 heterocycles. The minimum absolute atomic E-state index is 0.00907. The lowest BCUT2D eigenvalue weighted by Gasteiger charge is -2.38. The van der Waals surface area contributed by atoms with Crippen LogP contribution < -0.4 is 14.5 Å². The van der Waals surface area contributed by atoms with E-state index in [4.69, 9.17) is 10.00 Å². The number of carbonyl (C=O) groups is 1. The Morgan fingerprint density at radius 1 is 1.16 bits per heavy atom. The monoisotopic (exact) mass is 417 g/mol. The minimum atomic E-state index is 0.00907. The summed E-state index contributed by atoms with van der Waals surface area (Å²) < 4.78 is 5.38. The summed E-state index contributed by atoms with van der Waals surface area (Å²) in [7, 11) is 0. The second kappa shape index (κ2) is 9.87. The Morgan fingerprint density at radius 2 is 2.06 bits per heavy atom. The maximum atomic E-state index is 13.2. The van der Waals surface area contributed by atoms with E-state index in [0.29, 0.717) is 18.2 Å². The molecule has 0 radical (unpaired) electrons. The van der Waals surface area contributed by atoms with Gasteiger partial charge in [-0.1, -0.05) is 19.1 Å². The summed E-state index contributed by atoms with van der Waals surface area (Å²) in [6.07, 6.45) is 7.38. The molecule has 31 heavy (non-hydrogen) atoms. The largest absolute Gasteiger partial charge is 0.479 e. The van der Waals surface area contributed by atoms with Crippen LogP contribution in [0.5, 0.6) is 5.75 Å². The van der Waals surface area contributed by atoms with Crippen LogP contribution in [0, 0.1) is 11.3 Å².